The SMILES string of the molecule is CC1(C)CCN(CC(/C(N)=N/O)c2ccccc2)CCS1. The van der Waals surface area contributed by atoms with E-state index in [2.05, 4.69) is 23.9 Å². The topological polar surface area (TPSA) is 61.8 Å². The summed E-state index contributed by atoms with van der Waals surface area (Å²) in [4.78, 5) is 2.43. The summed E-state index contributed by atoms with van der Waals surface area (Å²) in [6.07, 6.45) is 1.16. The highest BCUT2D eigenvalue weighted by atomic mass is 32.2. The second-order valence-corrected chi connectivity index (χ2v) is 7.95. The number of amidine groups is 1. The van der Waals surface area contributed by atoms with Crippen molar-refractivity contribution in [2.24, 2.45) is 10.9 Å². The molecule has 0 spiro atoms. The summed E-state index contributed by atoms with van der Waals surface area (Å²) < 4.78 is 0.341. The van der Waals surface area contributed by atoms with Crippen LogP contribution in [0.5, 0.6) is 0 Å². The maximum absolute atomic E-state index is 9.07. The summed E-state index contributed by atoms with van der Waals surface area (Å²) in [5.74, 6) is 1.37. The average Bonchev–Trinajstić information content (AvgIpc) is 2.66. The largest absolute Gasteiger partial charge is 0.409 e. The molecule has 0 amide bonds. The van der Waals surface area contributed by atoms with Gasteiger partial charge in [0.1, 0.15) is 5.84 Å². The minimum absolute atomic E-state index is 0.0533. The molecule has 0 saturated carbocycles. The molecular weight excluding hydrogens is 282 g/mol. The van der Waals surface area contributed by atoms with E-state index in [0.29, 0.717) is 4.75 Å². The smallest absolute Gasteiger partial charge is 0.147 e. The predicted octanol–water partition coefficient (Wildman–Crippen LogP) is 2.73. The molecule has 0 bridgehead atoms. The Hall–Kier alpha value is -1.20. The minimum Gasteiger partial charge on any atom is -0.409 e. The number of rotatable bonds is 4. The van der Waals surface area contributed by atoms with Gasteiger partial charge in [0.25, 0.3) is 0 Å². The first kappa shape index (κ1) is 16.2. The molecule has 1 unspecified atom stereocenters. The highest BCUT2D eigenvalue weighted by Gasteiger charge is 2.26. The summed E-state index contributed by atoms with van der Waals surface area (Å²) in [6, 6.07) is 10.1. The van der Waals surface area contributed by atoms with Gasteiger partial charge in [-0.2, -0.15) is 11.8 Å². The minimum atomic E-state index is -0.0533. The van der Waals surface area contributed by atoms with Crippen molar-refractivity contribution < 1.29 is 5.21 Å². The first-order chi connectivity index (χ1) is 10.0. The van der Waals surface area contributed by atoms with Gasteiger partial charge in [-0.05, 0) is 18.5 Å². The fraction of sp³-hybridized carbons (Fsp3) is 0.562. The third-order valence-electron chi connectivity index (χ3n) is 4.05. The van der Waals surface area contributed by atoms with E-state index in [1.54, 1.807) is 0 Å². The molecule has 1 saturated heterocycles. The van der Waals surface area contributed by atoms with E-state index in [4.69, 9.17) is 10.9 Å². The highest BCUT2D eigenvalue weighted by Crippen LogP contribution is 2.31. The molecule has 1 aromatic carbocycles. The molecule has 1 aliphatic rings. The number of benzene rings is 1. The first-order valence-electron chi connectivity index (χ1n) is 7.40. The number of thioether (sulfide) groups is 1. The van der Waals surface area contributed by atoms with Gasteiger partial charge in [-0.15, -0.1) is 0 Å². The third kappa shape index (κ3) is 4.64. The van der Waals surface area contributed by atoms with E-state index in [9.17, 15) is 0 Å². The molecule has 4 nitrogen and oxygen atoms in total. The molecule has 116 valence electrons. The third-order valence-corrected chi connectivity index (χ3v) is 5.42. The van der Waals surface area contributed by atoms with E-state index in [-0.39, 0.29) is 11.8 Å². The Balaban J connectivity index is 2.09. The van der Waals surface area contributed by atoms with E-state index >= 15 is 0 Å². The summed E-state index contributed by atoms with van der Waals surface area (Å²) in [5, 5.41) is 12.3. The lowest BCUT2D eigenvalue weighted by Crippen LogP contribution is -2.36. The van der Waals surface area contributed by atoms with Crippen molar-refractivity contribution in [2.45, 2.75) is 30.9 Å². The summed E-state index contributed by atoms with van der Waals surface area (Å²) >= 11 is 2.03. The van der Waals surface area contributed by atoms with Crippen molar-refractivity contribution in [2.75, 3.05) is 25.4 Å². The number of hydrogen-bond donors (Lipinski definition) is 2. The molecule has 2 rings (SSSR count). The summed E-state index contributed by atoms with van der Waals surface area (Å²) in [5.41, 5.74) is 7.03. The molecule has 1 heterocycles. The van der Waals surface area contributed by atoms with Crippen LogP contribution in [0.3, 0.4) is 0 Å². The molecular formula is C16H25N3OS. The second-order valence-electron chi connectivity index (χ2n) is 6.15. The van der Waals surface area contributed by atoms with E-state index < -0.39 is 0 Å². The van der Waals surface area contributed by atoms with Gasteiger partial charge in [-0.1, -0.05) is 49.3 Å². The quantitative estimate of drug-likeness (QED) is 0.388. The van der Waals surface area contributed by atoms with Crippen molar-refractivity contribution >= 4 is 17.6 Å². The molecule has 1 atom stereocenters. The van der Waals surface area contributed by atoms with E-state index in [1.165, 1.54) is 0 Å². The predicted molar refractivity (Wildman–Crippen MR) is 90.2 cm³/mol. The first-order valence-corrected chi connectivity index (χ1v) is 8.39. The van der Waals surface area contributed by atoms with E-state index in [0.717, 1.165) is 37.4 Å². The van der Waals surface area contributed by atoms with Crippen molar-refractivity contribution in [1.29, 1.82) is 0 Å². The number of hydrogen-bond acceptors (Lipinski definition) is 4. The van der Waals surface area contributed by atoms with Crippen LogP contribution in [0.1, 0.15) is 31.7 Å². The van der Waals surface area contributed by atoms with Crippen molar-refractivity contribution in [3.63, 3.8) is 0 Å². The lowest BCUT2D eigenvalue weighted by molar-refractivity contribution is 0.275. The Morgan fingerprint density at radius 2 is 2.10 bits per heavy atom. The Morgan fingerprint density at radius 3 is 2.76 bits per heavy atom. The molecule has 1 aromatic rings. The number of nitrogens with zero attached hydrogens (tertiary/aromatic N) is 2. The van der Waals surface area contributed by atoms with Gasteiger partial charge in [0.2, 0.25) is 0 Å². The van der Waals surface area contributed by atoms with Gasteiger partial charge in [0.15, 0.2) is 0 Å². The molecule has 1 fully saturated rings. The Labute approximate surface area is 131 Å². The average molecular weight is 307 g/mol. The highest BCUT2D eigenvalue weighted by molar-refractivity contribution is 8.00. The zero-order valence-corrected chi connectivity index (χ0v) is 13.6. The van der Waals surface area contributed by atoms with Crippen LogP contribution in [-0.2, 0) is 0 Å². The van der Waals surface area contributed by atoms with Crippen LogP contribution in [-0.4, -0.2) is 46.1 Å². The fourth-order valence-corrected chi connectivity index (χ4v) is 3.77. The van der Waals surface area contributed by atoms with Crippen molar-refractivity contribution in [3.05, 3.63) is 35.9 Å². The standard InChI is InChI=1S/C16H25N3OS/c1-16(2)8-9-19(10-11-21-16)12-14(15(17)18-20)13-6-4-3-5-7-13/h3-7,14,20H,8-12H2,1-2H3,(H2,17,18). The lowest BCUT2D eigenvalue weighted by atomic mass is 9.97. The summed E-state index contributed by atoms with van der Waals surface area (Å²) in [7, 11) is 0. The molecule has 0 aromatic heterocycles. The van der Waals surface area contributed by atoms with Crippen molar-refractivity contribution in [3.8, 4) is 0 Å². The van der Waals surface area contributed by atoms with Crippen LogP contribution >= 0.6 is 11.8 Å². The molecule has 0 radical (unpaired) electrons. The van der Waals surface area contributed by atoms with Gasteiger partial charge in [0, 0.05) is 23.6 Å². The number of nitrogens with two attached hydrogens (primary N) is 1. The molecule has 1 aliphatic heterocycles. The monoisotopic (exact) mass is 307 g/mol. The maximum Gasteiger partial charge on any atom is 0.147 e. The number of oxime groups is 1. The van der Waals surface area contributed by atoms with Gasteiger partial charge < -0.3 is 15.8 Å². The van der Waals surface area contributed by atoms with Gasteiger partial charge in [-0.3, -0.25) is 0 Å². The normalized spacial score (nSPS) is 21.7. The summed E-state index contributed by atoms with van der Waals surface area (Å²) in [6.45, 7) is 7.52. The van der Waals surface area contributed by atoms with Gasteiger partial charge in [0.05, 0.1) is 5.92 Å². The van der Waals surface area contributed by atoms with Crippen LogP contribution in [0.4, 0.5) is 0 Å². The molecule has 5 heteroatoms. The molecule has 21 heavy (non-hydrogen) atoms. The van der Waals surface area contributed by atoms with E-state index in [1.807, 2.05) is 42.1 Å². The van der Waals surface area contributed by atoms with Crippen LogP contribution in [0, 0.1) is 0 Å². The Morgan fingerprint density at radius 1 is 1.38 bits per heavy atom. The molecule has 0 aliphatic carbocycles. The van der Waals surface area contributed by atoms with Crippen LogP contribution in [0.25, 0.3) is 0 Å². The lowest BCUT2D eigenvalue weighted by Gasteiger charge is -2.26. The van der Waals surface area contributed by atoms with Gasteiger partial charge >= 0.3 is 0 Å². The zero-order chi connectivity index (χ0) is 15.3. The Bertz CT molecular complexity index is 476. The van der Waals surface area contributed by atoms with Gasteiger partial charge in [-0.25, -0.2) is 0 Å². The fourth-order valence-electron chi connectivity index (χ4n) is 2.63. The van der Waals surface area contributed by atoms with Crippen LogP contribution in [0.15, 0.2) is 35.5 Å². The van der Waals surface area contributed by atoms with Crippen LogP contribution < -0.4 is 5.73 Å². The second kappa shape index (κ2) is 7.18. The maximum atomic E-state index is 9.07. The van der Waals surface area contributed by atoms with Crippen molar-refractivity contribution in [1.82, 2.24) is 4.90 Å². The molecule has 3 N–H and O–H groups in total. The Kier molecular flexibility index (Phi) is 5.53. The zero-order valence-electron chi connectivity index (χ0n) is 12.8. The van der Waals surface area contributed by atoms with Crippen LogP contribution in [0.2, 0.25) is 0 Å².